The van der Waals surface area contributed by atoms with Gasteiger partial charge in [-0.3, -0.25) is 4.79 Å². The Morgan fingerprint density at radius 1 is 1.50 bits per heavy atom. The maximum Gasteiger partial charge on any atom is 0.213 e. The third-order valence-electron chi connectivity index (χ3n) is 1.90. The number of hydrogen-bond donors (Lipinski definition) is 0. The van der Waals surface area contributed by atoms with E-state index in [1.165, 1.54) is 16.4 Å². The van der Waals surface area contributed by atoms with E-state index in [1.54, 1.807) is 25.2 Å². The zero-order chi connectivity index (χ0) is 11.5. The van der Waals surface area contributed by atoms with Crippen molar-refractivity contribution in [1.82, 2.24) is 20.2 Å². The van der Waals surface area contributed by atoms with Gasteiger partial charge in [0.05, 0.1) is 5.02 Å². The van der Waals surface area contributed by atoms with Crippen molar-refractivity contribution in [2.24, 2.45) is 7.05 Å². The van der Waals surface area contributed by atoms with Crippen LogP contribution in [0.2, 0.25) is 5.02 Å². The largest absolute Gasteiger partial charge is 0.298 e. The highest BCUT2D eigenvalue weighted by atomic mass is 35.5. The van der Waals surface area contributed by atoms with Crippen LogP contribution in [0.3, 0.4) is 0 Å². The Hall–Kier alpha value is -1.40. The first-order valence-corrected chi connectivity index (χ1v) is 5.55. The molecule has 2 aromatic rings. The van der Waals surface area contributed by atoms with Gasteiger partial charge in [0.15, 0.2) is 6.29 Å². The number of nitrogens with zero attached hydrogens (tertiary/aromatic N) is 4. The fraction of sp³-hybridized carbons (Fsp3) is 0.111. The van der Waals surface area contributed by atoms with Gasteiger partial charge < -0.3 is 0 Å². The van der Waals surface area contributed by atoms with Crippen LogP contribution in [0.1, 0.15) is 10.4 Å². The van der Waals surface area contributed by atoms with Crippen molar-refractivity contribution >= 4 is 29.6 Å². The number of aryl methyl sites for hydroxylation is 1. The van der Waals surface area contributed by atoms with Crippen LogP contribution in [0.5, 0.6) is 0 Å². The fourth-order valence-electron chi connectivity index (χ4n) is 1.12. The molecule has 0 saturated carbocycles. The van der Waals surface area contributed by atoms with Crippen molar-refractivity contribution in [3.05, 3.63) is 28.8 Å². The normalized spacial score (nSPS) is 10.4. The lowest BCUT2D eigenvalue weighted by atomic mass is 10.2. The summed E-state index contributed by atoms with van der Waals surface area (Å²) < 4.78 is 1.52. The number of benzene rings is 1. The van der Waals surface area contributed by atoms with Crippen molar-refractivity contribution in [1.29, 1.82) is 0 Å². The van der Waals surface area contributed by atoms with Crippen LogP contribution in [0, 0.1) is 0 Å². The van der Waals surface area contributed by atoms with Crippen LogP contribution in [0.4, 0.5) is 0 Å². The van der Waals surface area contributed by atoms with Crippen molar-refractivity contribution in [2.75, 3.05) is 0 Å². The van der Waals surface area contributed by atoms with Crippen LogP contribution in [0.25, 0.3) is 0 Å². The zero-order valence-corrected chi connectivity index (χ0v) is 9.87. The first-order valence-electron chi connectivity index (χ1n) is 4.36. The second kappa shape index (κ2) is 4.63. The Morgan fingerprint density at radius 2 is 2.31 bits per heavy atom. The lowest BCUT2D eigenvalue weighted by Gasteiger charge is -2.04. The molecule has 0 aliphatic carbocycles. The zero-order valence-electron chi connectivity index (χ0n) is 8.29. The summed E-state index contributed by atoms with van der Waals surface area (Å²) >= 11 is 7.28. The van der Waals surface area contributed by atoms with Gasteiger partial charge in [-0.25, -0.2) is 4.68 Å². The van der Waals surface area contributed by atoms with Crippen LogP contribution >= 0.6 is 23.4 Å². The number of aromatic nitrogens is 4. The topological polar surface area (TPSA) is 60.7 Å². The quantitative estimate of drug-likeness (QED) is 0.782. The first-order chi connectivity index (χ1) is 7.72. The van der Waals surface area contributed by atoms with E-state index in [0.29, 0.717) is 20.6 Å². The minimum Gasteiger partial charge on any atom is -0.298 e. The number of carbonyl (C=O) groups excluding carboxylic acids is 1. The molecule has 1 heterocycles. The molecule has 0 saturated heterocycles. The van der Waals surface area contributed by atoms with E-state index in [2.05, 4.69) is 15.5 Å². The maximum atomic E-state index is 10.9. The number of tetrazole rings is 1. The number of carbonyl (C=O) groups is 1. The minimum absolute atomic E-state index is 0.512. The van der Waals surface area contributed by atoms with Gasteiger partial charge in [-0.1, -0.05) is 23.7 Å². The van der Waals surface area contributed by atoms with Crippen molar-refractivity contribution in [2.45, 2.75) is 10.1 Å². The van der Waals surface area contributed by atoms with E-state index < -0.39 is 0 Å². The molecule has 0 fully saturated rings. The van der Waals surface area contributed by atoms with Crippen molar-refractivity contribution in [3.63, 3.8) is 0 Å². The molecule has 0 amide bonds. The van der Waals surface area contributed by atoms with Crippen LogP contribution in [-0.4, -0.2) is 26.5 Å². The van der Waals surface area contributed by atoms with Gasteiger partial charge in [-0.15, -0.1) is 5.10 Å². The Bertz CT molecular complexity index is 528. The van der Waals surface area contributed by atoms with Gasteiger partial charge in [-0.2, -0.15) is 0 Å². The summed E-state index contributed by atoms with van der Waals surface area (Å²) in [6, 6.07) is 5.15. The van der Waals surface area contributed by atoms with Gasteiger partial charge in [0.2, 0.25) is 5.16 Å². The molecule has 0 N–H and O–H groups in total. The van der Waals surface area contributed by atoms with E-state index in [-0.39, 0.29) is 0 Å². The van der Waals surface area contributed by atoms with Crippen molar-refractivity contribution < 1.29 is 4.79 Å². The number of aldehydes is 1. The van der Waals surface area contributed by atoms with Gasteiger partial charge in [-0.05, 0) is 28.3 Å². The van der Waals surface area contributed by atoms with Gasteiger partial charge in [0, 0.05) is 17.5 Å². The lowest BCUT2D eigenvalue weighted by Crippen LogP contribution is -1.94. The second-order valence-corrected chi connectivity index (χ2v) is 4.35. The third kappa shape index (κ3) is 2.07. The molecule has 0 spiro atoms. The summed E-state index contributed by atoms with van der Waals surface area (Å²) in [4.78, 5) is 11.5. The Labute approximate surface area is 101 Å². The van der Waals surface area contributed by atoms with E-state index in [4.69, 9.17) is 11.6 Å². The van der Waals surface area contributed by atoms with Gasteiger partial charge in [0.1, 0.15) is 0 Å². The Balaban J connectivity index is 2.41. The Morgan fingerprint density at radius 3 is 2.94 bits per heavy atom. The summed E-state index contributed by atoms with van der Waals surface area (Å²) in [6.45, 7) is 0. The number of halogens is 1. The smallest absolute Gasteiger partial charge is 0.213 e. The number of hydrogen-bond acceptors (Lipinski definition) is 5. The molecule has 0 bridgehead atoms. The molecule has 82 valence electrons. The molecular formula is C9H7ClN4OS. The maximum absolute atomic E-state index is 10.9. The molecule has 0 atom stereocenters. The highest BCUT2D eigenvalue weighted by Gasteiger charge is 2.12. The average molecular weight is 255 g/mol. The first kappa shape index (κ1) is 11.1. The Kier molecular flexibility index (Phi) is 3.21. The third-order valence-corrected chi connectivity index (χ3v) is 3.51. The highest BCUT2D eigenvalue weighted by Crippen LogP contribution is 2.33. The minimum atomic E-state index is 0.512. The molecule has 1 aromatic heterocycles. The second-order valence-electron chi connectivity index (χ2n) is 2.96. The standard InChI is InChI=1S/C9H7ClN4OS/c1-14-9(11-12-13-14)16-8-6(5-15)3-2-4-7(8)10/h2-5H,1H3. The van der Waals surface area contributed by atoms with Gasteiger partial charge >= 0.3 is 0 Å². The van der Waals surface area contributed by atoms with Crippen LogP contribution < -0.4 is 0 Å². The molecule has 0 aliphatic heterocycles. The fourth-order valence-corrected chi connectivity index (χ4v) is 2.25. The summed E-state index contributed by atoms with van der Waals surface area (Å²) in [5.74, 6) is 0. The summed E-state index contributed by atoms with van der Waals surface area (Å²) in [5.41, 5.74) is 0.528. The summed E-state index contributed by atoms with van der Waals surface area (Å²) in [6.07, 6.45) is 0.762. The molecule has 1 aromatic carbocycles. The molecule has 16 heavy (non-hydrogen) atoms. The number of rotatable bonds is 3. The van der Waals surface area contributed by atoms with E-state index in [9.17, 15) is 4.79 Å². The molecule has 2 rings (SSSR count). The highest BCUT2D eigenvalue weighted by molar-refractivity contribution is 7.99. The lowest BCUT2D eigenvalue weighted by molar-refractivity contribution is 0.112. The van der Waals surface area contributed by atoms with E-state index in [1.807, 2.05) is 0 Å². The monoisotopic (exact) mass is 254 g/mol. The molecule has 0 radical (unpaired) electrons. The van der Waals surface area contributed by atoms with Crippen LogP contribution in [-0.2, 0) is 7.05 Å². The molecule has 7 heteroatoms. The van der Waals surface area contributed by atoms with E-state index >= 15 is 0 Å². The predicted octanol–water partition coefficient (Wildman–Crippen LogP) is 1.83. The molecular weight excluding hydrogens is 248 g/mol. The SMILES string of the molecule is Cn1nnnc1Sc1c(Cl)cccc1C=O. The van der Waals surface area contributed by atoms with E-state index in [0.717, 1.165) is 6.29 Å². The predicted molar refractivity (Wildman–Crippen MR) is 59.8 cm³/mol. The van der Waals surface area contributed by atoms with Gasteiger partial charge in [0.25, 0.3) is 0 Å². The summed E-state index contributed by atoms with van der Waals surface area (Å²) in [7, 11) is 1.72. The molecule has 0 unspecified atom stereocenters. The average Bonchev–Trinajstić information content (AvgIpc) is 2.67. The molecule has 0 aliphatic rings. The van der Waals surface area contributed by atoms with Crippen LogP contribution in [0.15, 0.2) is 28.3 Å². The molecule has 5 nitrogen and oxygen atoms in total. The summed E-state index contributed by atoms with van der Waals surface area (Å²) in [5, 5.41) is 12.1. The van der Waals surface area contributed by atoms with Crippen molar-refractivity contribution in [3.8, 4) is 0 Å².